The van der Waals surface area contributed by atoms with E-state index in [1.165, 1.54) is 9.80 Å². The predicted octanol–water partition coefficient (Wildman–Crippen LogP) is 0.224. The summed E-state index contributed by atoms with van der Waals surface area (Å²) < 4.78 is 5.41. The molecule has 2 aliphatic heterocycles. The van der Waals surface area contributed by atoms with E-state index < -0.39 is 35.1 Å². The molecule has 27 heavy (non-hydrogen) atoms. The molecule has 152 valence electrons. The molecule has 1 spiro atoms. The zero-order valence-electron chi connectivity index (χ0n) is 16.7. The lowest BCUT2D eigenvalue weighted by atomic mass is 9.85. The van der Waals surface area contributed by atoms with E-state index in [1.807, 2.05) is 0 Å². The highest BCUT2D eigenvalue weighted by atomic mass is 16.6. The number of likely N-dealkylation sites (tertiary alicyclic amines) is 2. The number of nitrogens with two attached hydrogens (primary N) is 1. The van der Waals surface area contributed by atoms with Crippen LogP contribution < -0.4 is 11.1 Å². The molecule has 2 unspecified atom stereocenters. The monoisotopic (exact) mass is 382 g/mol. The second-order valence-corrected chi connectivity index (χ2v) is 8.62. The number of ether oxygens (including phenoxy) is 1. The normalized spacial score (nSPS) is 23.4. The lowest BCUT2D eigenvalue weighted by Crippen LogP contribution is -2.74. The Morgan fingerprint density at radius 2 is 1.93 bits per heavy atom. The SMILES string of the molecule is CC(C)C(NC(=O)CN1CC2(CCCN2C(=O)OC(C)(C)C)C1=O)C(N)=O. The quantitative estimate of drug-likeness (QED) is 0.659. The Labute approximate surface area is 159 Å². The number of nitrogens with one attached hydrogen (secondary N) is 1. The minimum atomic E-state index is -0.913. The van der Waals surface area contributed by atoms with Crippen molar-refractivity contribution in [1.29, 1.82) is 0 Å². The van der Waals surface area contributed by atoms with E-state index in [2.05, 4.69) is 5.32 Å². The van der Waals surface area contributed by atoms with E-state index >= 15 is 0 Å². The molecule has 3 N–H and O–H groups in total. The summed E-state index contributed by atoms with van der Waals surface area (Å²) in [4.78, 5) is 51.7. The molecule has 2 heterocycles. The summed E-state index contributed by atoms with van der Waals surface area (Å²) in [6.45, 7) is 9.44. The largest absolute Gasteiger partial charge is 0.444 e. The van der Waals surface area contributed by atoms with Gasteiger partial charge in [-0.1, -0.05) is 13.8 Å². The van der Waals surface area contributed by atoms with Crippen molar-refractivity contribution in [2.24, 2.45) is 11.7 Å². The molecular weight excluding hydrogens is 352 g/mol. The number of hydrogen-bond acceptors (Lipinski definition) is 5. The number of amides is 4. The van der Waals surface area contributed by atoms with Gasteiger partial charge in [-0.05, 0) is 39.5 Å². The first-order chi connectivity index (χ1) is 12.4. The van der Waals surface area contributed by atoms with Crippen LogP contribution in [-0.2, 0) is 19.1 Å². The third kappa shape index (κ3) is 4.33. The fourth-order valence-corrected chi connectivity index (χ4v) is 3.59. The maximum Gasteiger partial charge on any atom is 0.411 e. The third-order valence-corrected chi connectivity index (χ3v) is 4.86. The molecule has 9 heteroatoms. The van der Waals surface area contributed by atoms with Gasteiger partial charge in [0.1, 0.15) is 17.2 Å². The maximum absolute atomic E-state index is 12.8. The summed E-state index contributed by atoms with van der Waals surface area (Å²) in [5, 5.41) is 2.57. The van der Waals surface area contributed by atoms with Crippen LogP contribution in [0.1, 0.15) is 47.5 Å². The van der Waals surface area contributed by atoms with Crippen LogP contribution in [0.3, 0.4) is 0 Å². The van der Waals surface area contributed by atoms with E-state index in [-0.39, 0.29) is 24.9 Å². The second kappa shape index (κ2) is 7.36. The van der Waals surface area contributed by atoms with Crippen LogP contribution in [0.4, 0.5) is 4.79 Å². The highest BCUT2D eigenvalue weighted by Crippen LogP contribution is 2.39. The molecule has 4 amide bonds. The van der Waals surface area contributed by atoms with Crippen LogP contribution in [0.2, 0.25) is 0 Å². The average Bonchev–Trinajstić information content (AvgIpc) is 2.96. The Morgan fingerprint density at radius 3 is 2.41 bits per heavy atom. The van der Waals surface area contributed by atoms with E-state index in [1.54, 1.807) is 34.6 Å². The fraction of sp³-hybridized carbons (Fsp3) is 0.778. The molecule has 2 saturated heterocycles. The van der Waals surface area contributed by atoms with Gasteiger partial charge in [-0.25, -0.2) is 4.79 Å². The summed E-state index contributed by atoms with van der Waals surface area (Å²) in [5.41, 5.74) is 3.74. The molecule has 0 aromatic rings. The summed E-state index contributed by atoms with van der Waals surface area (Å²) in [5.74, 6) is -1.47. The summed E-state index contributed by atoms with van der Waals surface area (Å²) in [6.07, 6.45) is 0.757. The Morgan fingerprint density at radius 1 is 1.30 bits per heavy atom. The van der Waals surface area contributed by atoms with Crippen molar-refractivity contribution in [3.05, 3.63) is 0 Å². The van der Waals surface area contributed by atoms with Crippen molar-refractivity contribution < 1.29 is 23.9 Å². The lowest BCUT2D eigenvalue weighted by Gasteiger charge is -2.50. The molecule has 0 bridgehead atoms. The Kier molecular flexibility index (Phi) is 5.72. The number of rotatable bonds is 5. The number of carbonyl (C=O) groups excluding carboxylic acids is 4. The van der Waals surface area contributed by atoms with E-state index in [0.717, 1.165) is 0 Å². The highest BCUT2D eigenvalue weighted by molar-refractivity contribution is 5.99. The smallest absolute Gasteiger partial charge is 0.411 e. The highest BCUT2D eigenvalue weighted by Gasteiger charge is 2.60. The van der Waals surface area contributed by atoms with E-state index in [9.17, 15) is 19.2 Å². The zero-order valence-corrected chi connectivity index (χ0v) is 16.7. The first kappa shape index (κ1) is 21.0. The molecule has 2 aliphatic rings. The van der Waals surface area contributed by atoms with Crippen LogP contribution in [0, 0.1) is 5.92 Å². The first-order valence-corrected chi connectivity index (χ1v) is 9.26. The van der Waals surface area contributed by atoms with Crippen molar-refractivity contribution >= 4 is 23.8 Å². The van der Waals surface area contributed by atoms with Crippen molar-refractivity contribution in [2.45, 2.75) is 64.6 Å². The number of carbonyl (C=O) groups is 4. The van der Waals surface area contributed by atoms with Crippen molar-refractivity contribution in [3.8, 4) is 0 Å². The third-order valence-electron chi connectivity index (χ3n) is 4.86. The number of β-lactam (4-membered cyclic amide) rings is 1. The second-order valence-electron chi connectivity index (χ2n) is 8.62. The van der Waals surface area contributed by atoms with Crippen LogP contribution in [-0.4, -0.2) is 70.4 Å². The van der Waals surface area contributed by atoms with Crippen LogP contribution in [0.5, 0.6) is 0 Å². The molecule has 2 fully saturated rings. The molecule has 0 aromatic heterocycles. The summed E-state index contributed by atoms with van der Waals surface area (Å²) >= 11 is 0. The van der Waals surface area contributed by atoms with Gasteiger partial charge in [0.05, 0.1) is 13.1 Å². The number of hydrogen-bond donors (Lipinski definition) is 2. The first-order valence-electron chi connectivity index (χ1n) is 9.26. The molecule has 9 nitrogen and oxygen atoms in total. The Hall–Kier alpha value is -2.32. The van der Waals surface area contributed by atoms with Crippen molar-refractivity contribution in [3.63, 3.8) is 0 Å². The average molecular weight is 382 g/mol. The summed E-state index contributed by atoms with van der Waals surface area (Å²) in [6, 6.07) is -0.785. The van der Waals surface area contributed by atoms with E-state index in [4.69, 9.17) is 10.5 Å². The van der Waals surface area contributed by atoms with Gasteiger partial charge in [-0.3, -0.25) is 19.3 Å². The van der Waals surface area contributed by atoms with Gasteiger partial charge >= 0.3 is 6.09 Å². The van der Waals surface area contributed by atoms with E-state index in [0.29, 0.717) is 19.4 Å². The molecule has 2 atom stereocenters. The molecular formula is C18H30N4O5. The standard InChI is InChI=1S/C18H30N4O5/c1-11(2)13(14(19)24)20-12(23)9-21-10-18(15(21)25)7-6-8-22(18)16(26)27-17(3,4)5/h11,13H,6-10H2,1-5H3,(H2,19,24)(H,20,23). The zero-order chi connectivity index (χ0) is 20.6. The van der Waals surface area contributed by atoms with Crippen molar-refractivity contribution in [2.75, 3.05) is 19.6 Å². The van der Waals surface area contributed by atoms with Gasteiger partial charge in [-0.2, -0.15) is 0 Å². The van der Waals surface area contributed by atoms with Gasteiger partial charge in [-0.15, -0.1) is 0 Å². The minimum absolute atomic E-state index is 0.151. The fourth-order valence-electron chi connectivity index (χ4n) is 3.59. The Balaban J connectivity index is 1.97. The van der Waals surface area contributed by atoms with Crippen LogP contribution >= 0.6 is 0 Å². The van der Waals surface area contributed by atoms with Gasteiger partial charge in [0.2, 0.25) is 11.8 Å². The van der Waals surface area contributed by atoms with Crippen molar-refractivity contribution in [1.82, 2.24) is 15.1 Å². The van der Waals surface area contributed by atoms with Crippen LogP contribution in [0.25, 0.3) is 0 Å². The van der Waals surface area contributed by atoms with Crippen LogP contribution in [0.15, 0.2) is 0 Å². The molecule has 0 radical (unpaired) electrons. The number of primary amides is 1. The number of nitrogens with zero attached hydrogens (tertiary/aromatic N) is 2. The molecule has 0 aromatic carbocycles. The maximum atomic E-state index is 12.8. The Bertz CT molecular complexity index is 642. The molecule has 2 rings (SSSR count). The summed E-state index contributed by atoms with van der Waals surface area (Å²) in [7, 11) is 0. The molecule has 0 aliphatic carbocycles. The van der Waals surface area contributed by atoms with Gasteiger partial charge < -0.3 is 20.7 Å². The topological polar surface area (TPSA) is 122 Å². The van der Waals surface area contributed by atoms with Gasteiger partial charge in [0.25, 0.3) is 5.91 Å². The predicted molar refractivity (Wildman–Crippen MR) is 97.4 cm³/mol. The van der Waals surface area contributed by atoms with Gasteiger partial charge in [0, 0.05) is 6.54 Å². The molecule has 0 saturated carbocycles. The lowest BCUT2D eigenvalue weighted by molar-refractivity contribution is -0.162. The van der Waals surface area contributed by atoms with Gasteiger partial charge in [0.15, 0.2) is 0 Å². The minimum Gasteiger partial charge on any atom is -0.444 e.